The topological polar surface area (TPSA) is 39.2 Å². The van der Waals surface area contributed by atoms with Crippen LogP contribution >= 0.6 is 34.8 Å². The third kappa shape index (κ3) is 2.98. The monoisotopic (exact) mass is 347 g/mol. The van der Waals surface area contributed by atoms with E-state index >= 15 is 0 Å². The van der Waals surface area contributed by atoms with E-state index < -0.39 is 5.82 Å². The Hall–Kier alpha value is -1.36. The quantitative estimate of drug-likeness (QED) is 0.728. The minimum atomic E-state index is -0.726. The van der Waals surface area contributed by atoms with Gasteiger partial charge in [0.05, 0.1) is 27.9 Å². The van der Waals surface area contributed by atoms with Crippen LogP contribution in [0.1, 0.15) is 17.4 Å². The van der Waals surface area contributed by atoms with Crippen LogP contribution in [0.4, 0.5) is 4.39 Å². The van der Waals surface area contributed by atoms with Crippen molar-refractivity contribution in [3.63, 3.8) is 0 Å². The number of aromatic nitrogens is 1. The third-order valence-electron chi connectivity index (χ3n) is 2.78. The van der Waals surface area contributed by atoms with Crippen LogP contribution in [0.2, 0.25) is 15.1 Å². The number of ketones is 1. The van der Waals surface area contributed by atoms with Crippen LogP contribution < -0.4 is 4.74 Å². The molecule has 0 aliphatic carbocycles. The van der Waals surface area contributed by atoms with Crippen molar-refractivity contribution in [1.82, 2.24) is 4.98 Å². The molecule has 0 N–H and O–H groups in total. The molecule has 0 fully saturated rings. The fourth-order valence-electron chi connectivity index (χ4n) is 1.76. The van der Waals surface area contributed by atoms with Crippen molar-refractivity contribution in [2.75, 3.05) is 7.11 Å². The molecule has 1 heterocycles. The smallest absolute Gasteiger partial charge is 0.178 e. The highest BCUT2D eigenvalue weighted by atomic mass is 35.5. The molecule has 110 valence electrons. The Morgan fingerprint density at radius 1 is 1.24 bits per heavy atom. The van der Waals surface area contributed by atoms with E-state index in [-0.39, 0.29) is 43.6 Å². The van der Waals surface area contributed by atoms with E-state index in [1.54, 1.807) is 0 Å². The molecular formula is C14H9Cl3FNO2. The van der Waals surface area contributed by atoms with Gasteiger partial charge in [0.25, 0.3) is 0 Å². The maximum Gasteiger partial charge on any atom is 0.178 e. The molecule has 2 aromatic rings. The number of carbonyl (C=O) groups is 1. The first-order valence-corrected chi connectivity index (χ1v) is 6.89. The van der Waals surface area contributed by atoms with Gasteiger partial charge in [-0.15, -0.1) is 0 Å². The van der Waals surface area contributed by atoms with Gasteiger partial charge in [-0.2, -0.15) is 0 Å². The molecule has 1 aromatic carbocycles. The Labute approximate surface area is 135 Å². The number of nitrogens with zero attached hydrogens (tertiary/aromatic N) is 1. The Bertz CT molecular complexity index is 735. The van der Waals surface area contributed by atoms with Crippen molar-refractivity contribution in [2.24, 2.45) is 0 Å². The Balaban J connectivity index is 2.75. The summed E-state index contributed by atoms with van der Waals surface area (Å²) < 4.78 is 19.3. The van der Waals surface area contributed by atoms with Crippen molar-refractivity contribution in [2.45, 2.75) is 6.92 Å². The largest absolute Gasteiger partial charge is 0.492 e. The highest BCUT2D eigenvalue weighted by Gasteiger charge is 2.20. The molecule has 0 aliphatic heterocycles. The van der Waals surface area contributed by atoms with Gasteiger partial charge < -0.3 is 4.74 Å². The number of ether oxygens (including phenoxy) is 1. The normalized spacial score (nSPS) is 10.6. The second kappa shape index (κ2) is 6.18. The summed E-state index contributed by atoms with van der Waals surface area (Å²) in [7, 11) is 1.29. The fraction of sp³-hybridized carbons (Fsp3) is 0.143. The Morgan fingerprint density at radius 3 is 2.48 bits per heavy atom. The molecule has 0 bridgehead atoms. The molecule has 0 aliphatic rings. The van der Waals surface area contributed by atoms with Gasteiger partial charge in [-0.05, 0) is 18.2 Å². The van der Waals surface area contributed by atoms with Crippen LogP contribution in [-0.2, 0) is 0 Å². The summed E-state index contributed by atoms with van der Waals surface area (Å²) in [4.78, 5) is 15.5. The molecule has 0 saturated heterocycles. The minimum Gasteiger partial charge on any atom is -0.492 e. The first kappa shape index (κ1) is 16.0. The molecule has 0 unspecified atom stereocenters. The van der Waals surface area contributed by atoms with Crippen LogP contribution in [0.15, 0.2) is 18.2 Å². The van der Waals surface area contributed by atoms with E-state index in [0.717, 1.165) is 0 Å². The Kier molecular flexibility index (Phi) is 4.71. The second-order valence-electron chi connectivity index (χ2n) is 4.15. The standard InChI is InChI=1S/C14H9Cl3FNO2/c1-6(20)10-5-9(16)11(17)13(19-10)7-3-4-8(15)14(21-2)12(7)18/h3-5H,1-2H3. The summed E-state index contributed by atoms with van der Waals surface area (Å²) in [6, 6.07) is 4.18. The predicted molar refractivity (Wildman–Crippen MR) is 81.2 cm³/mol. The molecule has 1 aromatic heterocycles. The van der Waals surface area contributed by atoms with Gasteiger partial charge in [0.2, 0.25) is 0 Å². The van der Waals surface area contributed by atoms with Gasteiger partial charge >= 0.3 is 0 Å². The first-order chi connectivity index (χ1) is 9.86. The van der Waals surface area contributed by atoms with Gasteiger partial charge in [-0.1, -0.05) is 34.8 Å². The summed E-state index contributed by atoms with van der Waals surface area (Å²) in [5.41, 5.74) is 0.195. The van der Waals surface area contributed by atoms with E-state index in [9.17, 15) is 9.18 Å². The van der Waals surface area contributed by atoms with Gasteiger partial charge in [0.1, 0.15) is 5.69 Å². The zero-order valence-corrected chi connectivity index (χ0v) is 13.3. The molecule has 21 heavy (non-hydrogen) atoms. The lowest BCUT2D eigenvalue weighted by atomic mass is 10.1. The van der Waals surface area contributed by atoms with Crippen LogP contribution in [0.3, 0.4) is 0 Å². The number of hydrogen-bond acceptors (Lipinski definition) is 3. The molecule has 0 amide bonds. The van der Waals surface area contributed by atoms with E-state index in [2.05, 4.69) is 4.98 Å². The molecule has 0 radical (unpaired) electrons. The number of methoxy groups -OCH3 is 1. The van der Waals surface area contributed by atoms with Crippen molar-refractivity contribution in [3.8, 4) is 17.0 Å². The lowest BCUT2D eigenvalue weighted by molar-refractivity contribution is 0.101. The van der Waals surface area contributed by atoms with Crippen molar-refractivity contribution >= 4 is 40.6 Å². The highest BCUT2D eigenvalue weighted by Crippen LogP contribution is 2.39. The number of pyridine rings is 1. The van der Waals surface area contributed by atoms with Gasteiger partial charge in [0.15, 0.2) is 17.3 Å². The van der Waals surface area contributed by atoms with Crippen molar-refractivity contribution in [1.29, 1.82) is 0 Å². The summed E-state index contributed by atoms with van der Waals surface area (Å²) in [5.74, 6) is -1.16. The highest BCUT2D eigenvalue weighted by molar-refractivity contribution is 6.43. The van der Waals surface area contributed by atoms with Crippen molar-refractivity contribution in [3.05, 3.63) is 44.8 Å². The first-order valence-electron chi connectivity index (χ1n) is 5.76. The molecular weight excluding hydrogens is 340 g/mol. The fourth-order valence-corrected chi connectivity index (χ4v) is 2.37. The van der Waals surface area contributed by atoms with Crippen molar-refractivity contribution < 1.29 is 13.9 Å². The van der Waals surface area contributed by atoms with Gasteiger partial charge in [0, 0.05) is 12.5 Å². The number of carbonyl (C=O) groups excluding carboxylic acids is 1. The maximum absolute atomic E-state index is 14.4. The van der Waals surface area contributed by atoms with E-state index in [1.165, 1.54) is 32.2 Å². The lowest BCUT2D eigenvalue weighted by Crippen LogP contribution is -2.01. The summed E-state index contributed by atoms with van der Waals surface area (Å²) >= 11 is 17.9. The summed E-state index contributed by atoms with van der Waals surface area (Å²) in [6.07, 6.45) is 0. The third-order valence-corrected chi connectivity index (χ3v) is 3.86. The minimum absolute atomic E-state index is 0.0462. The number of hydrogen-bond donors (Lipinski definition) is 0. The zero-order valence-electron chi connectivity index (χ0n) is 11.0. The molecule has 0 saturated carbocycles. The van der Waals surface area contributed by atoms with Crippen LogP contribution in [0, 0.1) is 5.82 Å². The second-order valence-corrected chi connectivity index (χ2v) is 5.34. The van der Waals surface area contributed by atoms with Crippen LogP contribution in [-0.4, -0.2) is 17.9 Å². The number of benzene rings is 1. The van der Waals surface area contributed by atoms with E-state index in [0.29, 0.717) is 0 Å². The molecule has 3 nitrogen and oxygen atoms in total. The lowest BCUT2D eigenvalue weighted by Gasteiger charge is -2.11. The van der Waals surface area contributed by atoms with Gasteiger partial charge in [-0.3, -0.25) is 4.79 Å². The van der Waals surface area contributed by atoms with Crippen LogP contribution in [0.5, 0.6) is 5.75 Å². The number of halogens is 4. The SMILES string of the molecule is COc1c(Cl)ccc(-c2nc(C(C)=O)cc(Cl)c2Cl)c1F. The van der Waals surface area contributed by atoms with Crippen LogP contribution in [0.25, 0.3) is 11.3 Å². The van der Waals surface area contributed by atoms with Gasteiger partial charge in [-0.25, -0.2) is 9.37 Å². The average Bonchev–Trinajstić information content (AvgIpc) is 2.43. The molecule has 0 atom stereocenters. The molecule has 7 heteroatoms. The zero-order chi connectivity index (χ0) is 15.7. The Morgan fingerprint density at radius 2 is 1.90 bits per heavy atom. The molecule has 0 spiro atoms. The number of Topliss-reactive ketones (excluding diaryl/α,β-unsaturated/α-hetero) is 1. The predicted octanol–water partition coefficient (Wildman–Crippen LogP) is 5.06. The molecule has 2 rings (SSSR count). The maximum atomic E-state index is 14.4. The summed E-state index contributed by atoms with van der Waals surface area (Å²) in [6.45, 7) is 1.33. The number of rotatable bonds is 3. The average molecular weight is 349 g/mol. The summed E-state index contributed by atoms with van der Waals surface area (Å²) in [5, 5.41) is 0.272. The van der Waals surface area contributed by atoms with E-state index in [4.69, 9.17) is 39.5 Å². The van der Waals surface area contributed by atoms with E-state index in [1.807, 2.05) is 0 Å².